The van der Waals surface area contributed by atoms with E-state index >= 15 is 0 Å². The van der Waals surface area contributed by atoms with Gasteiger partial charge >= 0.3 is 0 Å². The minimum absolute atomic E-state index is 0.563. The second kappa shape index (κ2) is 19.0. The van der Waals surface area contributed by atoms with E-state index in [4.69, 9.17) is 11.5 Å². The molecule has 0 fully saturated rings. The summed E-state index contributed by atoms with van der Waals surface area (Å²) in [6, 6.07) is 76.0. The molecule has 0 atom stereocenters. The first kappa shape index (κ1) is 47.6. The van der Waals surface area contributed by atoms with Crippen molar-refractivity contribution in [1.82, 2.24) is 0 Å². The van der Waals surface area contributed by atoms with Crippen molar-refractivity contribution in [1.29, 1.82) is 0 Å². The molecule has 10 aromatic carbocycles. The predicted molar refractivity (Wildman–Crippen MR) is 335 cm³/mol. The number of rotatable bonds is 9. The maximum absolute atomic E-state index is 8.20. The van der Waals surface area contributed by atoms with Gasteiger partial charge in [0.1, 0.15) is 0 Å². The lowest BCUT2D eigenvalue weighted by Crippen LogP contribution is -2.09. The van der Waals surface area contributed by atoms with Crippen molar-refractivity contribution >= 4 is 34.0 Å². The van der Waals surface area contributed by atoms with E-state index in [-0.39, 0.29) is 0 Å². The Morgan fingerprint density at radius 1 is 0.295 bits per heavy atom. The van der Waals surface area contributed by atoms with E-state index in [1.807, 2.05) is 0 Å². The fourth-order valence-electron chi connectivity index (χ4n) is 13.1. The Morgan fingerprint density at radius 2 is 0.679 bits per heavy atom. The summed E-state index contributed by atoms with van der Waals surface area (Å²) in [6.07, 6.45) is 1.64. The minimum atomic E-state index is 0.563. The summed E-state index contributed by atoms with van der Waals surface area (Å²) < 4.78 is 0. The fraction of sp³-hybridized carbons (Fsp3) is 0.0811. The molecule has 0 aliphatic heterocycles. The highest BCUT2D eigenvalue weighted by Crippen LogP contribution is 2.61. The average Bonchev–Trinajstić information content (AvgIpc) is 4.31. The number of anilines is 2. The molecule has 2 heterocycles. The summed E-state index contributed by atoms with van der Waals surface area (Å²) in [5, 5.41) is 4.39. The van der Waals surface area contributed by atoms with E-state index in [1.54, 1.807) is 22.7 Å². The zero-order valence-electron chi connectivity index (χ0n) is 44.2. The van der Waals surface area contributed by atoms with Gasteiger partial charge in [-0.1, -0.05) is 194 Å². The summed E-state index contributed by atoms with van der Waals surface area (Å²) >= 11 is 3.54. The van der Waals surface area contributed by atoms with Gasteiger partial charge in [0.15, 0.2) is 0 Å². The number of aryl methyl sites for hydroxylation is 2. The van der Waals surface area contributed by atoms with E-state index in [0.717, 1.165) is 95.6 Å². The molecule has 0 amide bonds. The Morgan fingerprint density at radius 3 is 1.17 bits per heavy atom. The molecule has 0 saturated carbocycles. The monoisotopic (exact) mass is 1040 g/mol. The number of thiophene rings is 2. The van der Waals surface area contributed by atoms with Crippen LogP contribution in [0.25, 0.3) is 121 Å². The van der Waals surface area contributed by atoms with Crippen LogP contribution in [0.4, 0.5) is 11.4 Å². The maximum Gasteiger partial charge on any atom is 0.0640 e. The average molecular weight is 1040 g/mol. The molecular formula is C74H56N2S2. The third-order valence-electron chi connectivity index (χ3n) is 16.9. The zero-order chi connectivity index (χ0) is 52.8. The van der Waals surface area contributed by atoms with E-state index in [9.17, 15) is 0 Å². The van der Waals surface area contributed by atoms with E-state index in [2.05, 4.69) is 245 Å². The Balaban J connectivity index is 1.22. The van der Waals surface area contributed by atoms with Crippen LogP contribution in [0.2, 0.25) is 0 Å². The quantitative estimate of drug-likeness (QED) is 0.142. The second-order valence-electron chi connectivity index (χ2n) is 21.1. The fourth-order valence-corrected chi connectivity index (χ4v) is 14.7. The molecule has 2 aliphatic carbocycles. The van der Waals surface area contributed by atoms with Crippen LogP contribution in [0.5, 0.6) is 0 Å². The highest BCUT2D eigenvalue weighted by molar-refractivity contribution is 7.14. The predicted octanol–water partition coefficient (Wildman–Crippen LogP) is 20.4. The van der Waals surface area contributed by atoms with Crippen LogP contribution in [-0.2, 0) is 12.8 Å². The van der Waals surface area contributed by atoms with Crippen LogP contribution in [-0.4, -0.2) is 0 Å². The summed E-state index contributed by atoms with van der Waals surface area (Å²) in [6.45, 7) is 9.20. The minimum Gasteiger partial charge on any atom is -0.397 e. The maximum atomic E-state index is 8.20. The van der Waals surface area contributed by atoms with Gasteiger partial charge in [-0.05, 0) is 186 Å². The van der Waals surface area contributed by atoms with Crippen LogP contribution in [0, 0.1) is 27.7 Å². The molecule has 4 N–H and O–H groups in total. The molecule has 0 spiro atoms. The van der Waals surface area contributed by atoms with Gasteiger partial charge < -0.3 is 11.5 Å². The van der Waals surface area contributed by atoms with Crippen LogP contribution in [0.15, 0.2) is 217 Å². The van der Waals surface area contributed by atoms with Gasteiger partial charge in [0.25, 0.3) is 0 Å². The zero-order valence-corrected chi connectivity index (χ0v) is 45.8. The SMILES string of the molecule is Cc1cc2c(c(-c3ccccc3-c3c(N)c(N)c(-c4cccc(-c5ccccc5)c4-c4cccs4)c(-c4cccc(-c5ccccc5)c4-c4cccs4)c3-c3c(C)c(C)cc4c3Cc3ccccc3-4)c1C)Cc1ccccc1-2. The summed E-state index contributed by atoms with van der Waals surface area (Å²) in [7, 11) is 0. The lowest BCUT2D eigenvalue weighted by Gasteiger charge is -2.30. The number of hydrogen-bond donors (Lipinski definition) is 2. The van der Waals surface area contributed by atoms with Gasteiger partial charge in [0.05, 0.1) is 11.4 Å². The molecule has 0 saturated heterocycles. The number of fused-ring (bicyclic) bond motifs is 6. The van der Waals surface area contributed by atoms with Gasteiger partial charge in [0.2, 0.25) is 0 Å². The van der Waals surface area contributed by atoms with Gasteiger partial charge in [0, 0.05) is 43.1 Å². The smallest absolute Gasteiger partial charge is 0.0640 e. The van der Waals surface area contributed by atoms with Gasteiger partial charge in [-0.3, -0.25) is 0 Å². The first-order valence-electron chi connectivity index (χ1n) is 27.0. The molecule has 14 rings (SSSR count). The van der Waals surface area contributed by atoms with Crippen molar-refractivity contribution in [2.24, 2.45) is 0 Å². The molecule has 2 aromatic heterocycles. The van der Waals surface area contributed by atoms with Crippen LogP contribution >= 0.6 is 22.7 Å². The molecule has 12 aromatic rings. The number of nitrogens with two attached hydrogens (primary N) is 2. The van der Waals surface area contributed by atoms with Gasteiger partial charge in [-0.25, -0.2) is 0 Å². The summed E-state index contributed by atoms with van der Waals surface area (Å²) in [5.41, 5.74) is 50.9. The Kier molecular flexibility index (Phi) is 11.6. The van der Waals surface area contributed by atoms with E-state index in [0.29, 0.717) is 11.4 Å². The molecule has 2 aliphatic rings. The Labute approximate surface area is 465 Å². The standard InChI is InChI=1S/C74H56N2S2/c1-43-39-59-51-27-13-11-25-49(51)41-61(59)65(45(43)3)55-29-15-16-30-56(55)70-72(66-46(4)44(2)40-60-52-28-14-12-26-50(52)42-62(60)66)69(57-33-17-31-53(47-21-7-5-8-22-47)67(57)63-35-19-37-77-63)71(74(76)73(70)75)58-34-18-32-54(48-23-9-6-10-24-48)68(58)64-36-20-38-78-64/h5-40H,41-42,75-76H2,1-4H3. The van der Waals surface area contributed by atoms with E-state index < -0.39 is 0 Å². The number of hydrogen-bond acceptors (Lipinski definition) is 4. The molecule has 4 heteroatoms. The molecule has 374 valence electrons. The van der Waals surface area contributed by atoms with Crippen LogP contribution < -0.4 is 11.5 Å². The first-order chi connectivity index (χ1) is 38.2. The molecule has 0 unspecified atom stereocenters. The van der Waals surface area contributed by atoms with Crippen molar-refractivity contribution in [3.05, 3.63) is 262 Å². The number of benzene rings is 10. The largest absolute Gasteiger partial charge is 0.397 e. The summed E-state index contributed by atoms with van der Waals surface area (Å²) in [4.78, 5) is 2.34. The molecular weight excluding hydrogens is 981 g/mol. The lowest BCUT2D eigenvalue weighted by atomic mass is 9.74. The van der Waals surface area contributed by atoms with Crippen molar-refractivity contribution in [2.45, 2.75) is 40.5 Å². The molecule has 0 radical (unpaired) electrons. The highest BCUT2D eigenvalue weighted by atomic mass is 32.1. The van der Waals surface area contributed by atoms with Gasteiger partial charge in [-0.15, -0.1) is 22.7 Å². The number of nitrogen functional groups attached to an aromatic ring is 2. The highest BCUT2D eigenvalue weighted by Gasteiger charge is 2.35. The van der Waals surface area contributed by atoms with Crippen molar-refractivity contribution in [3.8, 4) is 121 Å². The third kappa shape index (κ3) is 7.50. The van der Waals surface area contributed by atoms with Crippen molar-refractivity contribution in [2.75, 3.05) is 11.5 Å². The summed E-state index contributed by atoms with van der Waals surface area (Å²) in [5.74, 6) is 0. The normalized spacial score (nSPS) is 12.1. The van der Waals surface area contributed by atoms with Gasteiger partial charge in [-0.2, -0.15) is 0 Å². The second-order valence-corrected chi connectivity index (χ2v) is 23.0. The Hall–Kier alpha value is -8.80. The topological polar surface area (TPSA) is 52.0 Å². The van der Waals surface area contributed by atoms with E-state index in [1.165, 1.54) is 82.8 Å². The Bertz CT molecular complexity index is 4350. The molecule has 0 bridgehead atoms. The molecule has 2 nitrogen and oxygen atoms in total. The first-order valence-corrected chi connectivity index (χ1v) is 28.7. The van der Waals surface area contributed by atoms with Crippen molar-refractivity contribution in [3.63, 3.8) is 0 Å². The third-order valence-corrected chi connectivity index (χ3v) is 18.7. The van der Waals surface area contributed by atoms with Crippen LogP contribution in [0.1, 0.15) is 44.5 Å². The molecule has 78 heavy (non-hydrogen) atoms. The van der Waals surface area contributed by atoms with Crippen molar-refractivity contribution < 1.29 is 0 Å². The van der Waals surface area contributed by atoms with Crippen LogP contribution in [0.3, 0.4) is 0 Å². The lowest BCUT2D eigenvalue weighted by molar-refractivity contribution is 1.23.